The number of hydrogen-bond acceptors (Lipinski definition) is 3. The summed E-state index contributed by atoms with van der Waals surface area (Å²) >= 11 is 0. The van der Waals surface area contributed by atoms with E-state index in [2.05, 4.69) is 15.6 Å². The molecule has 0 bridgehead atoms. The largest absolute Gasteiger partial charge is 0.416 e. The molecule has 27 heavy (non-hydrogen) atoms. The van der Waals surface area contributed by atoms with Crippen LogP contribution in [0.4, 0.5) is 30.2 Å². The Kier molecular flexibility index (Phi) is 5.12. The number of nitrogens with zero attached hydrogens (tertiary/aromatic N) is 1. The molecule has 7 heteroatoms. The van der Waals surface area contributed by atoms with Gasteiger partial charge in [-0.15, -0.1) is 0 Å². The fraction of sp³-hybridized carbons (Fsp3) is 0.100. The molecule has 2 aromatic carbocycles. The van der Waals surface area contributed by atoms with Crippen molar-refractivity contribution in [1.29, 1.82) is 0 Å². The zero-order valence-electron chi connectivity index (χ0n) is 14.3. The quantitative estimate of drug-likeness (QED) is 0.645. The average molecular weight is 371 g/mol. The number of amides is 1. The number of rotatable bonds is 4. The first-order valence-electron chi connectivity index (χ1n) is 8.08. The Morgan fingerprint density at radius 3 is 2.37 bits per heavy atom. The van der Waals surface area contributed by atoms with Gasteiger partial charge in [0.05, 0.1) is 23.0 Å². The highest BCUT2D eigenvalue weighted by atomic mass is 19.4. The summed E-state index contributed by atoms with van der Waals surface area (Å²) in [5.41, 5.74) is 2.01. The summed E-state index contributed by atoms with van der Waals surface area (Å²) in [5.74, 6) is -0.547. The minimum atomic E-state index is -4.47. The van der Waals surface area contributed by atoms with Crippen molar-refractivity contribution in [2.75, 3.05) is 10.6 Å². The lowest BCUT2D eigenvalue weighted by Gasteiger charge is -2.11. The van der Waals surface area contributed by atoms with Gasteiger partial charge in [-0.25, -0.2) is 0 Å². The molecule has 0 aliphatic rings. The second kappa shape index (κ2) is 7.49. The molecule has 1 amide bonds. The van der Waals surface area contributed by atoms with Gasteiger partial charge >= 0.3 is 6.18 Å². The van der Waals surface area contributed by atoms with E-state index in [-0.39, 0.29) is 11.3 Å². The van der Waals surface area contributed by atoms with Crippen LogP contribution in [0.25, 0.3) is 0 Å². The number of nitrogens with one attached hydrogen (secondary N) is 2. The fourth-order valence-corrected chi connectivity index (χ4v) is 2.41. The number of aromatic nitrogens is 1. The standard InChI is InChI=1S/C20H16F3N3O/c1-13-5-7-16(8-6-13)25-18-9-14(11-24-12-18)19(27)26-17-4-2-3-15(10-17)20(21,22)23/h2-12,25H,1H3,(H,26,27). The van der Waals surface area contributed by atoms with E-state index in [4.69, 9.17) is 0 Å². The van der Waals surface area contributed by atoms with Crippen molar-refractivity contribution in [3.8, 4) is 0 Å². The van der Waals surface area contributed by atoms with Gasteiger partial charge in [0.15, 0.2) is 0 Å². The molecule has 1 heterocycles. The minimum Gasteiger partial charge on any atom is -0.354 e. The molecule has 0 saturated carbocycles. The molecule has 3 aromatic rings. The lowest BCUT2D eigenvalue weighted by atomic mass is 10.2. The van der Waals surface area contributed by atoms with Gasteiger partial charge in [0.2, 0.25) is 0 Å². The van der Waals surface area contributed by atoms with Crippen LogP contribution in [-0.2, 0) is 6.18 Å². The zero-order chi connectivity index (χ0) is 19.4. The van der Waals surface area contributed by atoms with Gasteiger partial charge in [0.1, 0.15) is 0 Å². The first-order valence-corrected chi connectivity index (χ1v) is 8.08. The molecule has 1 aromatic heterocycles. The van der Waals surface area contributed by atoms with Crippen LogP contribution in [0.5, 0.6) is 0 Å². The van der Waals surface area contributed by atoms with Crippen LogP contribution in [-0.4, -0.2) is 10.9 Å². The first-order chi connectivity index (χ1) is 12.8. The van der Waals surface area contributed by atoms with Crippen molar-refractivity contribution in [3.05, 3.63) is 83.7 Å². The minimum absolute atomic E-state index is 0.0618. The van der Waals surface area contributed by atoms with Crippen LogP contribution in [0.3, 0.4) is 0 Å². The fourth-order valence-electron chi connectivity index (χ4n) is 2.41. The summed E-state index contributed by atoms with van der Waals surface area (Å²) in [6.45, 7) is 1.98. The Morgan fingerprint density at radius 2 is 1.67 bits per heavy atom. The molecule has 0 atom stereocenters. The molecule has 138 valence electrons. The second-order valence-corrected chi connectivity index (χ2v) is 5.99. The van der Waals surface area contributed by atoms with Crippen LogP contribution >= 0.6 is 0 Å². The molecule has 0 spiro atoms. The monoisotopic (exact) mass is 371 g/mol. The van der Waals surface area contributed by atoms with Gasteiger partial charge < -0.3 is 10.6 Å². The van der Waals surface area contributed by atoms with Gasteiger partial charge in [-0.3, -0.25) is 9.78 Å². The Hall–Kier alpha value is -3.35. The van der Waals surface area contributed by atoms with Gasteiger partial charge in [0, 0.05) is 17.6 Å². The van der Waals surface area contributed by atoms with Gasteiger partial charge in [-0.1, -0.05) is 23.8 Å². The highest BCUT2D eigenvalue weighted by Crippen LogP contribution is 2.30. The van der Waals surface area contributed by atoms with Crippen molar-refractivity contribution in [2.24, 2.45) is 0 Å². The van der Waals surface area contributed by atoms with Gasteiger partial charge in [0.25, 0.3) is 5.91 Å². The topological polar surface area (TPSA) is 54.0 Å². The van der Waals surface area contributed by atoms with Crippen molar-refractivity contribution in [3.63, 3.8) is 0 Å². The predicted octanol–water partition coefficient (Wildman–Crippen LogP) is 5.40. The Balaban J connectivity index is 1.75. The third-order valence-corrected chi connectivity index (χ3v) is 3.79. The summed E-state index contributed by atoms with van der Waals surface area (Å²) in [7, 11) is 0. The zero-order valence-corrected chi connectivity index (χ0v) is 14.3. The number of aryl methyl sites for hydroxylation is 1. The van der Waals surface area contributed by atoms with Crippen LogP contribution < -0.4 is 10.6 Å². The third kappa shape index (κ3) is 4.84. The molecule has 0 aliphatic heterocycles. The molecule has 0 unspecified atom stereocenters. The lowest BCUT2D eigenvalue weighted by molar-refractivity contribution is -0.137. The summed E-state index contributed by atoms with van der Waals surface area (Å²) in [5, 5.41) is 5.59. The highest BCUT2D eigenvalue weighted by molar-refractivity contribution is 6.04. The summed E-state index contributed by atoms with van der Waals surface area (Å²) < 4.78 is 38.3. The first kappa shape index (κ1) is 18.4. The molecular formula is C20H16F3N3O. The maximum absolute atomic E-state index is 12.8. The van der Waals surface area contributed by atoms with E-state index in [9.17, 15) is 18.0 Å². The van der Waals surface area contributed by atoms with Crippen molar-refractivity contribution in [2.45, 2.75) is 13.1 Å². The van der Waals surface area contributed by atoms with Crippen LogP contribution in [0.1, 0.15) is 21.5 Å². The van der Waals surface area contributed by atoms with E-state index >= 15 is 0 Å². The smallest absolute Gasteiger partial charge is 0.354 e. The molecule has 0 radical (unpaired) electrons. The number of carbonyl (C=O) groups excluding carboxylic acids is 1. The van der Waals surface area contributed by atoms with E-state index in [1.807, 2.05) is 31.2 Å². The van der Waals surface area contributed by atoms with E-state index < -0.39 is 17.6 Å². The van der Waals surface area contributed by atoms with Gasteiger partial charge in [-0.05, 0) is 43.3 Å². The van der Waals surface area contributed by atoms with Crippen molar-refractivity contribution >= 4 is 23.0 Å². The predicted molar refractivity (Wildman–Crippen MR) is 98.1 cm³/mol. The number of benzene rings is 2. The number of pyridine rings is 1. The number of carbonyl (C=O) groups is 1. The Bertz CT molecular complexity index is 953. The molecule has 4 nitrogen and oxygen atoms in total. The van der Waals surface area contributed by atoms with Crippen molar-refractivity contribution in [1.82, 2.24) is 4.98 Å². The lowest BCUT2D eigenvalue weighted by Crippen LogP contribution is -2.13. The molecule has 3 rings (SSSR count). The van der Waals surface area contributed by atoms with Gasteiger partial charge in [-0.2, -0.15) is 13.2 Å². The average Bonchev–Trinajstić information content (AvgIpc) is 2.63. The van der Waals surface area contributed by atoms with Crippen LogP contribution in [0, 0.1) is 6.92 Å². The SMILES string of the molecule is Cc1ccc(Nc2cncc(C(=O)Nc3cccc(C(F)(F)F)c3)c2)cc1. The molecular weight excluding hydrogens is 355 g/mol. The summed E-state index contributed by atoms with van der Waals surface area (Å²) in [6.07, 6.45) is -1.57. The van der Waals surface area contributed by atoms with Crippen LogP contribution in [0.2, 0.25) is 0 Å². The maximum atomic E-state index is 12.8. The Morgan fingerprint density at radius 1 is 0.926 bits per heavy atom. The third-order valence-electron chi connectivity index (χ3n) is 3.79. The van der Waals surface area contributed by atoms with Crippen molar-refractivity contribution < 1.29 is 18.0 Å². The van der Waals surface area contributed by atoms with Crippen LogP contribution in [0.15, 0.2) is 67.0 Å². The van der Waals surface area contributed by atoms with E-state index in [1.54, 1.807) is 12.3 Å². The summed E-state index contributed by atoms with van der Waals surface area (Å²) in [6, 6.07) is 13.7. The maximum Gasteiger partial charge on any atom is 0.416 e. The molecule has 0 aliphatic carbocycles. The number of alkyl halides is 3. The molecule has 2 N–H and O–H groups in total. The highest BCUT2D eigenvalue weighted by Gasteiger charge is 2.30. The summed E-state index contributed by atoms with van der Waals surface area (Å²) in [4.78, 5) is 16.4. The molecule has 0 fully saturated rings. The number of halogens is 3. The number of hydrogen-bond donors (Lipinski definition) is 2. The second-order valence-electron chi connectivity index (χ2n) is 5.99. The Labute approximate surface area is 154 Å². The number of anilines is 3. The van der Waals surface area contributed by atoms with E-state index in [0.29, 0.717) is 5.69 Å². The molecule has 0 saturated heterocycles. The van der Waals surface area contributed by atoms with E-state index in [0.717, 1.165) is 23.4 Å². The normalized spacial score (nSPS) is 11.1. The van der Waals surface area contributed by atoms with E-state index in [1.165, 1.54) is 18.3 Å².